The Morgan fingerprint density at radius 3 is 2.52 bits per heavy atom. The molecule has 0 amide bonds. The lowest BCUT2D eigenvalue weighted by Crippen LogP contribution is -2.35. The minimum Gasteiger partial charge on any atom is -0.491 e. The summed E-state index contributed by atoms with van der Waals surface area (Å²) in [7, 11) is 0. The number of ether oxygens (including phenoxy) is 1. The van der Waals surface area contributed by atoms with Gasteiger partial charge in [0, 0.05) is 11.6 Å². The molecule has 1 saturated carbocycles. The summed E-state index contributed by atoms with van der Waals surface area (Å²) >= 11 is 5.80. The first kappa shape index (κ1) is 16.6. The molecule has 118 valence electrons. The predicted molar refractivity (Wildman–Crippen MR) is 83.8 cm³/mol. The first-order valence-electron chi connectivity index (χ1n) is 7.58. The topological polar surface area (TPSA) is 61.7 Å². The number of aliphatic hydroxyl groups excluding tert-OH is 2. The fourth-order valence-corrected chi connectivity index (χ4v) is 2.71. The van der Waals surface area contributed by atoms with E-state index in [0.717, 1.165) is 32.2 Å². The summed E-state index contributed by atoms with van der Waals surface area (Å²) in [6.07, 6.45) is 3.27. The Kier molecular flexibility index (Phi) is 6.77. The van der Waals surface area contributed by atoms with Crippen LogP contribution in [0.25, 0.3) is 0 Å². The van der Waals surface area contributed by atoms with Crippen molar-refractivity contribution in [2.75, 3.05) is 19.7 Å². The maximum absolute atomic E-state index is 9.88. The second kappa shape index (κ2) is 8.59. The van der Waals surface area contributed by atoms with Crippen molar-refractivity contribution in [3.8, 4) is 5.75 Å². The minimum absolute atomic E-state index is 0.111. The molecule has 1 aromatic rings. The normalized spacial score (nSPS) is 23.8. The van der Waals surface area contributed by atoms with Gasteiger partial charge in [-0.3, -0.25) is 0 Å². The summed E-state index contributed by atoms with van der Waals surface area (Å²) in [5, 5.41) is 23.3. The summed E-state index contributed by atoms with van der Waals surface area (Å²) in [6, 6.07) is 7.10. The molecule has 1 fully saturated rings. The lowest BCUT2D eigenvalue weighted by atomic mass is 9.87. The Balaban J connectivity index is 1.57. The maximum atomic E-state index is 9.88. The van der Waals surface area contributed by atoms with E-state index in [-0.39, 0.29) is 12.7 Å². The van der Waals surface area contributed by atoms with Crippen LogP contribution in [-0.2, 0) is 0 Å². The molecule has 5 heteroatoms. The number of nitrogens with one attached hydrogen (secondary N) is 1. The van der Waals surface area contributed by atoms with Crippen molar-refractivity contribution in [2.45, 2.75) is 37.9 Å². The standard InChI is InChI=1S/C16H24ClNO3/c17-13-3-7-16(8-4-13)21-11-15(20)10-18-9-12-1-5-14(19)6-2-12/h3-4,7-8,12,14-15,18-20H,1-2,5-6,9-11H2. The molecule has 0 radical (unpaired) electrons. The zero-order chi connectivity index (χ0) is 15.1. The quantitative estimate of drug-likeness (QED) is 0.722. The second-order valence-electron chi connectivity index (χ2n) is 5.75. The highest BCUT2D eigenvalue weighted by atomic mass is 35.5. The van der Waals surface area contributed by atoms with E-state index in [1.807, 2.05) is 0 Å². The van der Waals surface area contributed by atoms with Gasteiger partial charge in [-0.2, -0.15) is 0 Å². The van der Waals surface area contributed by atoms with Gasteiger partial charge in [-0.15, -0.1) is 0 Å². The van der Waals surface area contributed by atoms with Crippen LogP contribution in [0.3, 0.4) is 0 Å². The third-order valence-corrected chi connectivity index (χ3v) is 4.14. The van der Waals surface area contributed by atoms with Gasteiger partial charge in [0.2, 0.25) is 0 Å². The van der Waals surface area contributed by atoms with Crippen molar-refractivity contribution in [1.82, 2.24) is 5.32 Å². The Hall–Kier alpha value is -0.810. The van der Waals surface area contributed by atoms with Gasteiger partial charge in [0.1, 0.15) is 18.5 Å². The van der Waals surface area contributed by atoms with E-state index < -0.39 is 6.10 Å². The SMILES string of the molecule is OC1CCC(CNCC(O)COc2ccc(Cl)cc2)CC1. The van der Waals surface area contributed by atoms with Gasteiger partial charge < -0.3 is 20.3 Å². The van der Waals surface area contributed by atoms with Crippen LogP contribution >= 0.6 is 11.6 Å². The Bertz CT molecular complexity index is 404. The summed E-state index contributed by atoms with van der Waals surface area (Å²) in [5.41, 5.74) is 0. The largest absolute Gasteiger partial charge is 0.491 e. The van der Waals surface area contributed by atoms with E-state index in [0.29, 0.717) is 23.2 Å². The molecular weight excluding hydrogens is 290 g/mol. The van der Waals surface area contributed by atoms with Crippen molar-refractivity contribution in [2.24, 2.45) is 5.92 Å². The zero-order valence-electron chi connectivity index (χ0n) is 12.2. The van der Waals surface area contributed by atoms with Crippen LogP contribution in [0.5, 0.6) is 5.75 Å². The third-order valence-electron chi connectivity index (χ3n) is 3.89. The summed E-state index contributed by atoms with van der Waals surface area (Å²) in [4.78, 5) is 0. The van der Waals surface area contributed by atoms with E-state index in [4.69, 9.17) is 16.3 Å². The summed E-state index contributed by atoms with van der Waals surface area (Å²) < 4.78 is 5.50. The molecule has 0 aromatic heterocycles. The van der Waals surface area contributed by atoms with Crippen LogP contribution in [0.2, 0.25) is 5.02 Å². The number of rotatable bonds is 7. The molecule has 1 atom stereocenters. The zero-order valence-corrected chi connectivity index (χ0v) is 12.9. The number of hydrogen-bond acceptors (Lipinski definition) is 4. The highest BCUT2D eigenvalue weighted by Crippen LogP contribution is 2.23. The summed E-state index contributed by atoms with van der Waals surface area (Å²) in [5.74, 6) is 1.32. The average molecular weight is 314 g/mol. The maximum Gasteiger partial charge on any atom is 0.119 e. The predicted octanol–water partition coefficient (Wildman–Crippen LogP) is 2.22. The molecule has 2 rings (SSSR count). The minimum atomic E-state index is -0.533. The van der Waals surface area contributed by atoms with Crippen LogP contribution < -0.4 is 10.1 Å². The van der Waals surface area contributed by atoms with Gasteiger partial charge in [-0.05, 0) is 62.4 Å². The number of hydrogen-bond donors (Lipinski definition) is 3. The van der Waals surface area contributed by atoms with Crippen molar-refractivity contribution < 1.29 is 14.9 Å². The summed E-state index contributed by atoms with van der Waals surface area (Å²) in [6.45, 7) is 1.68. The van der Waals surface area contributed by atoms with Crippen LogP contribution in [-0.4, -0.2) is 42.1 Å². The number of halogens is 1. The number of aliphatic hydroxyl groups is 2. The van der Waals surface area contributed by atoms with Gasteiger partial charge in [-0.25, -0.2) is 0 Å². The van der Waals surface area contributed by atoms with E-state index in [1.165, 1.54) is 0 Å². The Morgan fingerprint density at radius 2 is 1.86 bits per heavy atom. The molecule has 1 aliphatic rings. The fraction of sp³-hybridized carbons (Fsp3) is 0.625. The molecular formula is C16H24ClNO3. The van der Waals surface area contributed by atoms with Crippen molar-refractivity contribution in [1.29, 1.82) is 0 Å². The average Bonchev–Trinajstić information content (AvgIpc) is 2.49. The molecule has 0 saturated heterocycles. The number of benzene rings is 1. The van der Waals surface area contributed by atoms with E-state index in [9.17, 15) is 10.2 Å². The third kappa shape index (κ3) is 6.22. The van der Waals surface area contributed by atoms with Crippen LogP contribution in [0.1, 0.15) is 25.7 Å². The lowest BCUT2D eigenvalue weighted by Gasteiger charge is -2.26. The fourth-order valence-electron chi connectivity index (χ4n) is 2.59. The van der Waals surface area contributed by atoms with Gasteiger partial charge in [-0.1, -0.05) is 11.6 Å². The molecule has 1 unspecified atom stereocenters. The lowest BCUT2D eigenvalue weighted by molar-refractivity contribution is 0.0953. The van der Waals surface area contributed by atoms with Crippen LogP contribution in [0.15, 0.2) is 24.3 Å². The van der Waals surface area contributed by atoms with Gasteiger partial charge >= 0.3 is 0 Å². The first-order valence-corrected chi connectivity index (χ1v) is 7.96. The molecule has 4 nitrogen and oxygen atoms in total. The molecule has 0 heterocycles. The van der Waals surface area contributed by atoms with Crippen LogP contribution in [0.4, 0.5) is 0 Å². The van der Waals surface area contributed by atoms with Crippen molar-refractivity contribution in [3.63, 3.8) is 0 Å². The van der Waals surface area contributed by atoms with Crippen molar-refractivity contribution >= 4 is 11.6 Å². The van der Waals surface area contributed by atoms with Crippen molar-refractivity contribution in [3.05, 3.63) is 29.3 Å². The Labute approximate surface area is 131 Å². The van der Waals surface area contributed by atoms with Gasteiger partial charge in [0.15, 0.2) is 0 Å². The van der Waals surface area contributed by atoms with Gasteiger partial charge in [0.25, 0.3) is 0 Å². The van der Waals surface area contributed by atoms with E-state index in [2.05, 4.69) is 5.32 Å². The smallest absolute Gasteiger partial charge is 0.119 e. The molecule has 0 spiro atoms. The highest BCUT2D eigenvalue weighted by molar-refractivity contribution is 6.30. The van der Waals surface area contributed by atoms with Crippen LogP contribution in [0, 0.1) is 5.92 Å². The highest BCUT2D eigenvalue weighted by Gasteiger charge is 2.19. The molecule has 0 aliphatic heterocycles. The molecule has 21 heavy (non-hydrogen) atoms. The molecule has 0 bridgehead atoms. The van der Waals surface area contributed by atoms with Gasteiger partial charge in [0.05, 0.1) is 6.10 Å². The molecule has 3 N–H and O–H groups in total. The molecule has 1 aliphatic carbocycles. The van der Waals surface area contributed by atoms with E-state index >= 15 is 0 Å². The Morgan fingerprint density at radius 1 is 1.19 bits per heavy atom. The second-order valence-corrected chi connectivity index (χ2v) is 6.19. The van der Waals surface area contributed by atoms with E-state index in [1.54, 1.807) is 24.3 Å². The molecule has 1 aromatic carbocycles. The first-order chi connectivity index (χ1) is 10.1. The monoisotopic (exact) mass is 313 g/mol.